The summed E-state index contributed by atoms with van der Waals surface area (Å²) >= 11 is 0. The molecule has 0 aromatic heterocycles. The van der Waals surface area contributed by atoms with Crippen LogP contribution in [0.4, 0.5) is 18.9 Å². The van der Waals surface area contributed by atoms with Crippen LogP contribution in [-0.4, -0.2) is 31.2 Å². The summed E-state index contributed by atoms with van der Waals surface area (Å²) in [7, 11) is 0. The topological polar surface area (TPSA) is 49.5 Å². The lowest BCUT2D eigenvalue weighted by atomic mass is 10.1. The van der Waals surface area contributed by atoms with Crippen molar-refractivity contribution >= 4 is 5.69 Å². The van der Waals surface area contributed by atoms with Gasteiger partial charge in [0, 0.05) is 12.6 Å². The zero-order valence-electron chi connectivity index (χ0n) is 10.1. The van der Waals surface area contributed by atoms with Gasteiger partial charge in [-0.05, 0) is 18.6 Å². The van der Waals surface area contributed by atoms with Crippen molar-refractivity contribution in [3.8, 4) is 0 Å². The lowest BCUT2D eigenvalue weighted by Crippen LogP contribution is -2.33. The molecule has 1 rings (SSSR count). The summed E-state index contributed by atoms with van der Waals surface area (Å²) in [6.07, 6.45) is -2.61. The van der Waals surface area contributed by atoms with Crippen molar-refractivity contribution in [1.29, 1.82) is 0 Å². The molecule has 0 bridgehead atoms. The van der Waals surface area contributed by atoms with E-state index in [1.807, 2.05) is 0 Å². The summed E-state index contributed by atoms with van der Waals surface area (Å²) in [5, 5.41) is 8.89. The molecule has 102 valence electrons. The van der Waals surface area contributed by atoms with E-state index in [9.17, 15) is 13.2 Å². The maximum Gasteiger partial charge on any atom is 0.255 e. The van der Waals surface area contributed by atoms with Crippen LogP contribution in [0.25, 0.3) is 0 Å². The third-order valence-electron chi connectivity index (χ3n) is 2.55. The summed E-state index contributed by atoms with van der Waals surface area (Å²) in [4.78, 5) is 1.12. The van der Waals surface area contributed by atoms with Gasteiger partial charge in [-0.2, -0.15) is 0 Å². The van der Waals surface area contributed by atoms with Crippen LogP contribution >= 0.6 is 0 Å². The van der Waals surface area contributed by atoms with Gasteiger partial charge in [-0.15, -0.1) is 0 Å². The van der Waals surface area contributed by atoms with Crippen LogP contribution < -0.4 is 10.6 Å². The maximum atomic E-state index is 13.8. The Morgan fingerprint density at radius 3 is 2.56 bits per heavy atom. The van der Waals surface area contributed by atoms with Gasteiger partial charge >= 0.3 is 0 Å². The van der Waals surface area contributed by atoms with Crippen LogP contribution in [0.1, 0.15) is 18.5 Å². The average Bonchev–Trinajstić information content (AvgIpc) is 2.27. The molecule has 0 spiro atoms. The molecule has 0 saturated heterocycles. The predicted molar refractivity (Wildman–Crippen MR) is 64.3 cm³/mol. The minimum atomic E-state index is -2.61. The van der Waals surface area contributed by atoms with Crippen molar-refractivity contribution in [2.24, 2.45) is 5.73 Å². The SMILES string of the molecule is C[C@H](N)c1cccc(F)c1N(CCO)CC(F)F. The van der Waals surface area contributed by atoms with Crippen LogP contribution in [0, 0.1) is 5.82 Å². The second kappa shape index (κ2) is 6.61. The smallest absolute Gasteiger partial charge is 0.255 e. The molecule has 0 amide bonds. The van der Waals surface area contributed by atoms with Gasteiger partial charge in [0.1, 0.15) is 5.82 Å². The third kappa shape index (κ3) is 3.61. The molecule has 6 heteroatoms. The number of halogens is 3. The Morgan fingerprint density at radius 1 is 1.39 bits per heavy atom. The molecule has 3 N–H and O–H groups in total. The summed E-state index contributed by atoms with van der Waals surface area (Å²) in [5.41, 5.74) is 6.20. The molecule has 0 unspecified atom stereocenters. The van der Waals surface area contributed by atoms with Gasteiger partial charge in [0.15, 0.2) is 0 Å². The number of benzene rings is 1. The Kier molecular flexibility index (Phi) is 5.43. The van der Waals surface area contributed by atoms with Crippen molar-refractivity contribution in [1.82, 2.24) is 0 Å². The number of nitrogens with zero attached hydrogens (tertiary/aromatic N) is 1. The quantitative estimate of drug-likeness (QED) is 0.823. The number of para-hydroxylation sites is 1. The molecule has 0 aliphatic rings. The second-order valence-corrected chi connectivity index (χ2v) is 4.03. The number of hydrogen-bond acceptors (Lipinski definition) is 3. The number of rotatable bonds is 6. The fourth-order valence-corrected chi connectivity index (χ4v) is 1.81. The first-order chi connectivity index (χ1) is 8.47. The molecule has 3 nitrogen and oxygen atoms in total. The first kappa shape index (κ1) is 14.8. The molecule has 0 heterocycles. The number of hydrogen-bond donors (Lipinski definition) is 2. The zero-order valence-corrected chi connectivity index (χ0v) is 10.1. The van der Waals surface area contributed by atoms with Gasteiger partial charge < -0.3 is 15.7 Å². The monoisotopic (exact) mass is 262 g/mol. The first-order valence-electron chi connectivity index (χ1n) is 5.65. The first-order valence-corrected chi connectivity index (χ1v) is 5.65. The molecule has 0 fully saturated rings. The van der Waals surface area contributed by atoms with E-state index in [4.69, 9.17) is 10.8 Å². The zero-order chi connectivity index (χ0) is 13.7. The van der Waals surface area contributed by atoms with E-state index in [0.29, 0.717) is 5.56 Å². The van der Waals surface area contributed by atoms with Gasteiger partial charge in [0.25, 0.3) is 6.43 Å². The highest BCUT2D eigenvalue weighted by atomic mass is 19.3. The van der Waals surface area contributed by atoms with Crippen LogP contribution in [0.15, 0.2) is 18.2 Å². The molecule has 0 radical (unpaired) electrons. The lowest BCUT2D eigenvalue weighted by molar-refractivity contribution is 0.152. The molecule has 1 atom stereocenters. The van der Waals surface area contributed by atoms with Gasteiger partial charge in [0.05, 0.1) is 18.8 Å². The van der Waals surface area contributed by atoms with Crippen LogP contribution in [0.3, 0.4) is 0 Å². The fraction of sp³-hybridized carbons (Fsp3) is 0.500. The predicted octanol–water partition coefficient (Wildman–Crippen LogP) is 1.91. The highest BCUT2D eigenvalue weighted by Crippen LogP contribution is 2.28. The highest BCUT2D eigenvalue weighted by molar-refractivity contribution is 5.56. The van der Waals surface area contributed by atoms with Crippen LogP contribution in [-0.2, 0) is 0 Å². The van der Waals surface area contributed by atoms with Crippen LogP contribution in [0.2, 0.25) is 0 Å². The molecule has 0 saturated carbocycles. The van der Waals surface area contributed by atoms with E-state index in [2.05, 4.69) is 0 Å². The Bertz CT molecular complexity index is 386. The average molecular weight is 262 g/mol. The normalized spacial score (nSPS) is 12.8. The summed E-state index contributed by atoms with van der Waals surface area (Å²) < 4.78 is 38.8. The fourth-order valence-electron chi connectivity index (χ4n) is 1.81. The summed E-state index contributed by atoms with van der Waals surface area (Å²) in [5.74, 6) is -0.612. The summed E-state index contributed by atoms with van der Waals surface area (Å²) in [6, 6.07) is 3.79. The minimum absolute atomic E-state index is 0.0434. The van der Waals surface area contributed by atoms with E-state index in [1.54, 1.807) is 13.0 Å². The standard InChI is InChI=1S/C12H17F3N2O/c1-8(16)9-3-2-4-10(13)12(9)17(5-6-18)7-11(14)15/h2-4,8,11,18H,5-7,16H2,1H3/t8-/m0/s1. The Balaban J connectivity index is 3.16. The van der Waals surface area contributed by atoms with E-state index in [1.165, 1.54) is 12.1 Å². The number of anilines is 1. The summed E-state index contributed by atoms with van der Waals surface area (Å²) in [6.45, 7) is 0.615. The third-order valence-corrected chi connectivity index (χ3v) is 2.55. The molecule has 1 aromatic rings. The molecule has 0 aliphatic carbocycles. The number of aliphatic hydroxyl groups excluding tert-OH is 1. The van der Waals surface area contributed by atoms with Crippen molar-refractivity contribution in [3.05, 3.63) is 29.6 Å². The lowest BCUT2D eigenvalue weighted by Gasteiger charge is -2.27. The second-order valence-electron chi connectivity index (χ2n) is 4.03. The van der Waals surface area contributed by atoms with Gasteiger partial charge in [-0.3, -0.25) is 0 Å². The van der Waals surface area contributed by atoms with E-state index in [-0.39, 0.29) is 18.8 Å². The van der Waals surface area contributed by atoms with Gasteiger partial charge in [0.2, 0.25) is 0 Å². The number of aliphatic hydroxyl groups is 1. The highest BCUT2D eigenvalue weighted by Gasteiger charge is 2.20. The number of alkyl halides is 2. The molecular formula is C12H17F3N2O. The van der Waals surface area contributed by atoms with Gasteiger partial charge in [-0.25, -0.2) is 13.2 Å². The van der Waals surface area contributed by atoms with Crippen molar-refractivity contribution in [2.75, 3.05) is 24.6 Å². The minimum Gasteiger partial charge on any atom is -0.395 e. The Labute approximate surface area is 104 Å². The van der Waals surface area contributed by atoms with E-state index in [0.717, 1.165) is 4.90 Å². The molecular weight excluding hydrogens is 245 g/mol. The number of nitrogens with two attached hydrogens (primary N) is 1. The molecule has 1 aromatic carbocycles. The van der Waals surface area contributed by atoms with Crippen LogP contribution in [0.5, 0.6) is 0 Å². The van der Waals surface area contributed by atoms with E-state index < -0.39 is 24.8 Å². The van der Waals surface area contributed by atoms with Crippen molar-refractivity contribution in [2.45, 2.75) is 19.4 Å². The Morgan fingerprint density at radius 2 is 2.06 bits per heavy atom. The van der Waals surface area contributed by atoms with Crippen molar-refractivity contribution in [3.63, 3.8) is 0 Å². The van der Waals surface area contributed by atoms with Gasteiger partial charge in [-0.1, -0.05) is 12.1 Å². The molecule has 0 aliphatic heterocycles. The largest absolute Gasteiger partial charge is 0.395 e. The van der Waals surface area contributed by atoms with E-state index >= 15 is 0 Å². The Hall–Kier alpha value is -1.27. The van der Waals surface area contributed by atoms with Crippen molar-refractivity contribution < 1.29 is 18.3 Å². The molecule has 18 heavy (non-hydrogen) atoms. The maximum absolute atomic E-state index is 13.8.